The van der Waals surface area contributed by atoms with Gasteiger partial charge in [-0.05, 0) is 41.6 Å². The molecular formula is C14H21BrN2O2. The van der Waals surface area contributed by atoms with Crippen molar-refractivity contribution in [2.24, 2.45) is 18.4 Å². The van der Waals surface area contributed by atoms with Crippen molar-refractivity contribution < 1.29 is 9.90 Å². The van der Waals surface area contributed by atoms with E-state index in [0.29, 0.717) is 12.3 Å². The van der Waals surface area contributed by atoms with Crippen LogP contribution in [0.3, 0.4) is 0 Å². The van der Waals surface area contributed by atoms with Gasteiger partial charge in [0.1, 0.15) is 0 Å². The molecule has 4 nitrogen and oxygen atoms in total. The minimum atomic E-state index is -0.662. The van der Waals surface area contributed by atoms with Gasteiger partial charge in [-0.3, -0.25) is 9.48 Å². The lowest BCUT2D eigenvalue weighted by molar-refractivity contribution is -0.152. The first kappa shape index (κ1) is 14.6. The maximum Gasteiger partial charge on any atom is 0.310 e. The number of carboxylic acid groups (broad SMARTS) is 1. The highest BCUT2D eigenvalue weighted by Crippen LogP contribution is 2.43. The SMILES string of the molecule is Cc1nn(C)c(CC2(C(=O)O)CCCC(C)C2)c1Br. The zero-order valence-corrected chi connectivity index (χ0v) is 13.3. The van der Waals surface area contributed by atoms with Crippen LogP contribution in [0.4, 0.5) is 0 Å². The Hall–Kier alpha value is -0.840. The lowest BCUT2D eigenvalue weighted by Crippen LogP contribution is -2.38. The minimum Gasteiger partial charge on any atom is -0.481 e. The Balaban J connectivity index is 2.33. The molecule has 0 aliphatic heterocycles. The molecule has 19 heavy (non-hydrogen) atoms. The van der Waals surface area contributed by atoms with Crippen molar-refractivity contribution in [1.29, 1.82) is 0 Å². The van der Waals surface area contributed by atoms with Crippen molar-refractivity contribution in [3.8, 4) is 0 Å². The molecule has 0 aromatic carbocycles. The van der Waals surface area contributed by atoms with Gasteiger partial charge in [-0.25, -0.2) is 0 Å². The largest absolute Gasteiger partial charge is 0.481 e. The second kappa shape index (κ2) is 5.27. The van der Waals surface area contributed by atoms with E-state index in [2.05, 4.69) is 28.0 Å². The van der Waals surface area contributed by atoms with E-state index in [1.807, 2.05) is 18.7 Å². The molecule has 1 aromatic rings. The maximum absolute atomic E-state index is 11.8. The highest BCUT2D eigenvalue weighted by molar-refractivity contribution is 9.10. The molecule has 0 spiro atoms. The van der Waals surface area contributed by atoms with E-state index in [0.717, 1.165) is 41.5 Å². The van der Waals surface area contributed by atoms with Crippen LogP contribution in [0.15, 0.2) is 4.47 Å². The fourth-order valence-corrected chi connectivity index (χ4v) is 3.76. The number of carboxylic acids is 1. The number of aryl methyl sites for hydroxylation is 2. The molecule has 1 aromatic heterocycles. The van der Waals surface area contributed by atoms with Crippen LogP contribution < -0.4 is 0 Å². The minimum absolute atomic E-state index is 0.484. The lowest BCUT2D eigenvalue weighted by atomic mass is 9.67. The van der Waals surface area contributed by atoms with Crippen molar-refractivity contribution in [1.82, 2.24) is 9.78 Å². The van der Waals surface area contributed by atoms with Crippen molar-refractivity contribution in [3.63, 3.8) is 0 Å². The molecule has 1 aliphatic carbocycles. The molecule has 106 valence electrons. The molecule has 2 atom stereocenters. The van der Waals surface area contributed by atoms with Gasteiger partial charge in [0.15, 0.2) is 0 Å². The average molecular weight is 329 g/mol. The van der Waals surface area contributed by atoms with E-state index in [1.165, 1.54) is 0 Å². The zero-order valence-electron chi connectivity index (χ0n) is 11.7. The molecule has 5 heteroatoms. The Labute approximate surface area is 122 Å². The summed E-state index contributed by atoms with van der Waals surface area (Å²) in [6.07, 6.45) is 4.23. The summed E-state index contributed by atoms with van der Waals surface area (Å²) in [7, 11) is 1.88. The van der Waals surface area contributed by atoms with Crippen LogP contribution in [0.5, 0.6) is 0 Å². The zero-order chi connectivity index (χ0) is 14.2. The third-order valence-electron chi connectivity index (χ3n) is 4.31. The van der Waals surface area contributed by atoms with E-state index in [4.69, 9.17) is 0 Å². The van der Waals surface area contributed by atoms with E-state index < -0.39 is 11.4 Å². The molecule has 0 amide bonds. The number of rotatable bonds is 3. The van der Waals surface area contributed by atoms with Crippen LogP contribution in [0, 0.1) is 18.3 Å². The van der Waals surface area contributed by atoms with Gasteiger partial charge in [-0.1, -0.05) is 19.8 Å². The predicted octanol–water partition coefficient (Wildman–Crippen LogP) is 3.31. The van der Waals surface area contributed by atoms with Crippen molar-refractivity contribution in [2.45, 2.75) is 46.0 Å². The van der Waals surface area contributed by atoms with Crippen LogP contribution in [0.1, 0.15) is 44.0 Å². The molecule has 1 N–H and O–H groups in total. The Kier molecular flexibility index (Phi) is 4.04. The van der Waals surface area contributed by atoms with Gasteiger partial charge in [0, 0.05) is 13.5 Å². The highest BCUT2D eigenvalue weighted by Gasteiger charge is 2.43. The topological polar surface area (TPSA) is 55.1 Å². The van der Waals surface area contributed by atoms with E-state index in [-0.39, 0.29) is 0 Å². The van der Waals surface area contributed by atoms with Gasteiger partial charge in [0.25, 0.3) is 0 Å². The summed E-state index contributed by atoms with van der Waals surface area (Å²) in [5.74, 6) is -0.178. The van der Waals surface area contributed by atoms with Gasteiger partial charge in [0.2, 0.25) is 0 Å². The summed E-state index contributed by atoms with van der Waals surface area (Å²) < 4.78 is 2.76. The van der Waals surface area contributed by atoms with Gasteiger partial charge in [-0.15, -0.1) is 0 Å². The Morgan fingerprint density at radius 1 is 1.63 bits per heavy atom. The predicted molar refractivity (Wildman–Crippen MR) is 77.0 cm³/mol. The number of hydrogen-bond donors (Lipinski definition) is 1. The maximum atomic E-state index is 11.8. The van der Waals surface area contributed by atoms with E-state index in [9.17, 15) is 9.90 Å². The number of nitrogens with zero attached hydrogens (tertiary/aromatic N) is 2. The molecular weight excluding hydrogens is 308 g/mol. The van der Waals surface area contributed by atoms with Crippen molar-refractivity contribution in [3.05, 3.63) is 15.9 Å². The molecule has 0 radical (unpaired) electrons. The Morgan fingerprint density at radius 3 is 2.79 bits per heavy atom. The molecule has 2 rings (SSSR count). The quantitative estimate of drug-likeness (QED) is 0.926. The van der Waals surface area contributed by atoms with Gasteiger partial charge in [-0.2, -0.15) is 5.10 Å². The monoisotopic (exact) mass is 328 g/mol. The smallest absolute Gasteiger partial charge is 0.310 e. The third kappa shape index (κ3) is 2.71. The highest BCUT2D eigenvalue weighted by atomic mass is 79.9. The number of halogens is 1. The molecule has 2 unspecified atom stereocenters. The van der Waals surface area contributed by atoms with Crippen LogP contribution in [-0.4, -0.2) is 20.9 Å². The summed E-state index contributed by atoms with van der Waals surface area (Å²) in [5.41, 5.74) is 1.29. The second-order valence-electron chi connectivity index (χ2n) is 5.93. The number of aromatic nitrogens is 2. The first-order chi connectivity index (χ1) is 8.85. The molecule has 1 heterocycles. The van der Waals surface area contributed by atoms with Crippen LogP contribution >= 0.6 is 15.9 Å². The number of hydrogen-bond acceptors (Lipinski definition) is 2. The average Bonchev–Trinajstić information content (AvgIpc) is 2.56. The van der Waals surface area contributed by atoms with Crippen LogP contribution in [-0.2, 0) is 18.3 Å². The van der Waals surface area contributed by atoms with Crippen LogP contribution in [0.2, 0.25) is 0 Å². The molecule has 0 saturated heterocycles. The summed E-state index contributed by atoms with van der Waals surface area (Å²) in [6, 6.07) is 0. The summed E-state index contributed by atoms with van der Waals surface area (Å²) in [5, 5.41) is 14.1. The van der Waals surface area contributed by atoms with Crippen LogP contribution in [0.25, 0.3) is 0 Å². The van der Waals surface area contributed by atoms with Gasteiger partial charge < -0.3 is 5.11 Å². The Bertz CT molecular complexity index is 498. The molecule has 1 saturated carbocycles. The summed E-state index contributed by atoms with van der Waals surface area (Å²) >= 11 is 3.54. The number of carbonyl (C=O) groups is 1. The molecule has 1 fully saturated rings. The first-order valence-electron chi connectivity index (χ1n) is 6.77. The summed E-state index contributed by atoms with van der Waals surface area (Å²) in [4.78, 5) is 11.8. The summed E-state index contributed by atoms with van der Waals surface area (Å²) in [6.45, 7) is 4.09. The molecule has 0 bridgehead atoms. The standard InChI is InChI=1S/C14H21BrN2O2/c1-9-5-4-6-14(7-9,13(18)19)8-11-12(15)10(2)16-17(11)3/h9H,4-8H2,1-3H3,(H,18,19). The third-order valence-corrected chi connectivity index (χ3v) is 5.34. The normalized spacial score (nSPS) is 27.5. The molecule has 1 aliphatic rings. The van der Waals surface area contributed by atoms with Gasteiger partial charge >= 0.3 is 5.97 Å². The second-order valence-corrected chi connectivity index (χ2v) is 6.73. The fraction of sp³-hybridized carbons (Fsp3) is 0.714. The van der Waals surface area contributed by atoms with Crippen molar-refractivity contribution in [2.75, 3.05) is 0 Å². The van der Waals surface area contributed by atoms with Crippen molar-refractivity contribution >= 4 is 21.9 Å². The van der Waals surface area contributed by atoms with E-state index in [1.54, 1.807) is 0 Å². The Morgan fingerprint density at radius 2 is 2.32 bits per heavy atom. The fourth-order valence-electron chi connectivity index (χ4n) is 3.28. The van der Waals surface area contributed by atoms with E-state index >= 15 is 0 Å². The first-order valence-corrected chi connectivity index (χ1v) is 7.56. The van der Waals surface area contributed by atoms with Gasteiger partial charge in [0.05, 0.1) is 21.3 Å². The lowest BCUT2D eigenvalue weighted by Gasteiger charge is -2.36. The number of aliphatic carboxylic acids is 1.